The van der Waals surface area contributed by atoms with Crippen molar-refractivity contribution in [2.45, 2.75) is 19.8 Å². The van der Waals surface area contributed by atoms with Crippen LogP contribution in [0.25, 0.3) is 11.3 Å². The Hall–Kier alpha value is -2.20. The van der Waals surface area contributed by atoms with E-state index in [1.165, 1.54) is 16.9 Å². The minimum absolute atomic E-state index is 0.851. The van der Waals surface area contributed by atoms with Crippen LogP contribution in [-0.2, 0) is 0 Å². The van der Waals surface area contributed by atoms with Crippen molar-refractivity contribution in [1.82, 2.24) is 9.78 Å². The molecule has 0 bridgehead atoms. The van der Waals surface area contributed by atoms with Crippen molar-refractivity contribution in [3.8, 4) is 11.4 Å². The van der Waals surface area contributed by atoms with E-state index in [0.29, 0.717) is 0 Å². The number of thioether (sulfide) groups is 1. The molecule has 4 heteroatoms. The average molecular weight is 353 g/mol. The maximum Gasteiger partial charge on any atom is 0.119 e. The Bertz CT molecular complexity index is 813. The second-order valence-electron chi connectivity index (χ2n) is 6.08. The molecule has 0 saturated carbocycles. The molecule has 0 amide bonds. The minimum atomic E-state index is 0.851. The average Bonchev–Trinajstić information content (AvgIpc) is 2.88. The van der Waals surface area contributed by atoms with Gasteiger partial charge in [-0.3, -0.25) is 0 Å². The fourth-order valence-electron chi connectivity index (χ4n) is 2.88. The summed E-state index contributed by atoms with van der Waals surface area (Å²) in [4.78, 5) is 0. The van der Waals surface area contributed by atoms with E-state index in [4.69, 9.17) is 4.74 Å². The first-order valence-electron chi connectivity index (χ1n) is 8.48. The van der Waals surface area contributed by atoms with E-state index in [0.717, 1.165) is 35.7 Å². The molecule has 0 radical (unpaired) electrons. The van der Waals surface area contributed by atoms with Crippen molar-refractivity contribution in [1.29, 1.82) is 0 Å². The summed E-state index contributed by atoms with van der Waals surface area (Å²) in [6.45, 7) is 2.03. The maximum atomic E-state index is 5.26. The molecule has 1 aliphatic carbocycles. The molecular formula is C21H24N2OS. The Balaban J connectivity index is 1.94. The zero-order chi connectivity index (χ0) is 17.6. The Morgan fingerprint density at radius 1 is 1.20 bits per heavy atom. The molecule has 1 aliphatic rings. The summed E-state index contributed by atoms with van der Waals surface area (Å²) in [6, 6.07) is 10.1. The smallest absolute Gasteiger partial charge is 0.119 e. The van der Waals surface area contributed by atoms with Crippen LogP contribution in [0.5, 0.6) is 5.75 Å². The summed E-state index contributed by atoms with van der Waals surface area (Å²) in [7, 11) is 1.68. The van der Waals surface area contributed by atoms with Crippen LogP contribution in [0.1, 0.15) is 24.2 Å². The van der Waals surface area contributed by atoms with Crippen molar-refractivity contribution < 1.29 is 4.74 Å². The number of methoxy groups -OCH3 is 1. The standard InChI is InChI=1S/C21H24N2OS/c1-16-15-21(18-6-4-5-17(7-8-18)13-14-25-3)23(22-16)19-9-11-20(24-2)12-10-19/h4,6-12,15H,5,13-14H2,1-3H3. The summed E-state index contributed by atoms with van der Waals surface area (Å²) in [5.74, 6) is 2.02. The molecule has 0 unspecified atom stereocenters. The zero-order valence-corrected chi connectivity index (χ0v) is 15.8. The lowest BCUT2D eigenvalue weighted by Gasteiger charge is -2.09. The highest BCUT2D eigenvalue weighted by atomic mass is 32.2. The van der Waals surface area contributed by atoms with E-state index in [1.54, 1.807) is 7.11 Å². The second-order valence-corrected chi connectivity index (χ2v) is 7.06. The molecule has 0 aliphatic heterocycles. The molecular weight excluding hydrogens is 328 g/mol. The Morgan fingerprint density at radius 2 is 2.00 bits per heavy atom. The number of aromatic nitrogens is 2. The molecule has 0 saturated heterocycles. The van der Waals surface area contributed by atoms with Gasteiger partial charge in [-0.15, -0.1) is 0 Å². The van der Waals surface area contributed by atoms with Gasteiger partial charge in [-0.25, -0.2) is 4.68 Å². The number of rotatable bonds is 6. The van der Waals surface area contributed by atoms with Crippen LogP contribution >= 0.6 is 11.8 Å². The number of nitrogens with zero attached hydrogens (tertiary/aromatic N) is 2. The van der Waals surface area contributed by atoms with Crippen LogP contribution in [0, 0.1) is 6.92 Å². The van der Waals surface area contributed by atoms with Crippen molar-refractivity contribution >= 4 is 17.3 Å². The molecule has 0 fully saturated rings. The van der Waals surface area contributed by atoms with Gasteiger partial charge >= 0.3 is 0 Å². The zero-order valence-electron chi connectivity index (χ0n) is 15.0. The van der Waals surface area contributed by atoms with Crippen molar-refractivity contribution in [2.75, 3.05) is 19.1 Å². The largest absolute Gasteiger partial charge is 0.497 e. The first kappa shape index (κ1) is 17.6. The van der Waals surface area contributed by atoms with Gasteiger partial charge in [-0.1, -0.05) is 29.9 Å². The fourth-order valence-corrected chi connectivity index (χ4v) is 3.35. The van der Waals surface area contributed by atoms with Gasteiger partial charge in [0.1, 0.15) is 5.75 Å². The van der Waals surface area contributed by atoms with Gasteiger partial charge in [-0.05, 0) is 67.7 Å². The molecule has 0 N–H and O–H groups in total. The number of allylic oxidation sites excluding steroid dienone is 6. The number of hydrogen-bond acceptors (Lipinski definition) is 3. The topological polar surface area (TPSA) is 27.1 Å². The Kier molecular flexibility index (Phi) is 5.82. The van der Waals surface area contributed by atoms with Gasteiger partial charge in [0.15, 0.2) is 0 Å². The predicted molar refractivity (Wildman–Crippen MR) is 108 cm³/mol. The monoisotopic (exact) mass is 352 g/mol. The van der Waals surface area contributed by atoms with Crippen LogP contribution in [0.15, 0.2) is 60.2 Å². The van der Waals surface area contributed by atoms with Crippen molar-refractivity contribution in [2.24, 2.45) is 0 Å². The number of benzene rings is 1. The van der Waals surface area contributed by atoms with E-state index < -0.39 is 0 Å². The fraction of sp³-hybridized carbons (Fsp3) is 0.286. The molecule has 1 aromatic heterocycles. The number of aryl methyl sites for hydroxylation is 1. The molecule has 0 atom stereocenters. The van der Waals surface area contributed by atoms with Gasteiger partial charge in [0.25, 0.3) is 0 Å². The maximum absolute atomic E-state index is 5.26. The third-order valence-electron chi connectivity index (χ3n) is 4.25. The lowest BCUT2D eigenvalue weighted by atomic mass is 10.1. The predicted octanol–water partition coefficient (Wildman–Crippen LogP) is 5.21. The van der Waals surface area contributed by atoms with Gasteiger partial charge in [-0.2, -0.15) is 16.9 Å². The number of hydrogen-bond donors (Lipinski definition) is 0. The van der Waals surface area contributed by atoms with E-state index in [-0.39, 0.29) is 0 Å². The molecule has 3 rings (SSSR count). The molecule has 1 heterocycles. The summed E-state index contributed by atoms with van der Waals surface area (Å²) in [6.07, 6.45) is 13.3. The normalized spacial score (nSPS) is 14.0. The lowest BCUT2D eigenvalue weighted by molar-refractivity contribution is 0.414. The molecule has 2 aromatic rings. The van der Waals surface area contributed by atoms with Crippen LogP contribution in [0.3, 0.4) is 0 Å². The quantitative estimate of drug-likeness (QED) is 0.714. The van der Waals surface area contributed by atoms with Crippen LogP contribution in [0.2, 0.25) is 0 Å². The van der Waals surface area contributed by atoms with Crippen molar-refractivity contribution in [3.05, 3.63) is 71.6 Å². The summed E-state index contributed by atoms with van der Waals surface area (Å²) < 4.78 is 7.26. The van der Waals surface area contributed by atoms with E-state index in [9.17, 15) is 0 Å². The van der Waals surface area contributed by atoms with Gasteiger partial charge in [0.05, 0.1) is 24.2 Å². The van der Waals surface area contributed by atoms with E-state index >= 15 is 0 Å². The first-order chi connectivity index (χ1) is 12.2. The van der Waals surface area contributed by atoms with Crippen LogP contribution in [0.4, 0.5) is 0 Å². The summed E-state index contributed by atoms with van der Waals surface area (Å²) >= 11 is 1.90. The molecule has 0 spiro atoms. The Labute approximate surface area is 154 Å². The van der Waals surface area contributed by atoms with Crippen molar-refractivity contribution in [3.63, 3.8) is 0 Å². The van der Waals surface area contributed by atoms with E-state index in [2.05, 4.69) is 41.7 Å². The van der Waals surface area contributed by atoms with Gasteiger partial charge in [0, 0.05) is 0 Å². The molecule has 25 heavy (non-hydrogen) atoms. The third kappa shape index (κ3) is 4.26. The van der Waals surface area contributed by atoms with Gasteiger partial charge < -0.3 is 4.74 Å². The summed E-state index contributed by atoms with van der Waals surface area (Å²) in [5.41, 5.74) is 5.83. The number of ether oxygens (including phenoxy) is 1. The SMILES string of the molecule is COc1ccc(-n2nc(C)cc2C2=CC=C(CCSC)CC=C2)cc1. The highest BCUT2D eigenvalue weighted by Crippen LogP contribution is 2.26. The second kappa shape index (κ2) is 8.26. The Morgan fingerprint density at radius 3 is 2.72 bits per heavy atom. The third-order valence-corrected chi connectivity index (χ3v) is 4.86. The van der Waals surface area contributed by atoms with Crippen LogP contribution in [-0.4, -0.2) is 28.9 Å². The van der Waals surface area contributed by atoms with Crippen LogP contribution < -0.4 is 4.74 Å². The lowest BCUT2D eigenvalue weighted by Crippen LogP contribution is -2.01. The molecule has 130 valence electrons. The molecule has 3 nitrogen and oxygen atoms in total. The minimum Gasteiger partial charge on any atom is -0.497 e. The van der Waals surface area contributed by atoms with Gasteiger partial charge in [0.2, 0.25) is 0 Å². The molecule has 1 aromatic carbocycles. The summed E-state index contributed by atoms with van der Waals surface area (Å²) in [5, 5.41) is 4.69. The first-order valence-corrected chi connectivity index (χ1v) is 9.87. The highest BCUT2D eigenvalue weighted by Gasteiger charge is 2.11. The highest BCUT2D eigenvalue weighted by molar-refractivity contribution is 7.98. The van der Waals surface area contributed by atoms with E-state index in [1.807, 2.05) is 47.6 Å².